The third-order valence-electron chi connectivity index (χ3n) is 3.88. The van der Waals surface area contributed by atoms with E-state index < -0.39 is 21.1 Å². The number of carbonyl (C=O) groups is 1. The van der Waals surface area contributed by atoms with Crippen LogP contribution in [-0.4, -0.2) is 33.4 Å². The molecule has 2 rings (SSSR count). The Morgan fingerprint density at radius 3 is 2.26 bits per heavy atom. The molecule has 142 valence electrons. The van der Waals surface area contributed by atoms with Crippen molar-refractivity contribution >= 4 is 15.8 Å². The average Bonchev–Trinajstić information content (AvgIpc) is 2.66. The van der Waals surface area contributed by atoms with Crippen LogP contribution in [0.3, 0.4) is 0 Å². The van der Waals surface area contributed by atoms with E-state index in [4.69, 9.17) is 9.47 Å². The molecule has 1 unspecified atom stereocenters. The second-order valence-electron chi connectivity index (χ2n) is 5.83. The summed E-state index contributed by atoms with van der Waals surface area (Å²) >= 11 is 0. The number of carbonyl (C=O) groups excluding carboxylic acids is 1. The Kier molecular flexibility index (Phi) is 7.03. The fourth-order valence-corrected chi connectivity index (χ4v) is 3.84. The van der Waals surface area contributed by atoms with Gasteiger partial charge >= 0.3 is 5.97 Å². The number of sulfone groups is 1. The second-order valence-corrected chi connectivity index (χ2v) is 7.96. The topological polar surface area (TPSA) is 69.7 Å². The van der Waals surface area contributed by atoms with Crippen LogP contribution in [0.1, 0.15) is 24.5 Å². The molecule has 0 N–H and O–H groups in total. The largest absolute Gasteiger partial charge is 0.497 e. The van der Waals surface area contributed by atoms with Gasteiger partial charge in [0.05, 0.1) is 18.6 Å². The minimum atomic E-state index is -3.90. The van der Waals surface area contributed by atoms with E-state index in [9.17, 15) is 13.2 Å². The lowest BCUT2D eigenvalue weighted by Gasteiger charge is -2.14. The third kappa shape index (κ3) is 5.35. The van der Waals surface area contributed by atoms with Crippen LogP contribution in [0.25, 0.3) is 0 Å². The monoisotopic (exact) mass is 386 g/mol. The fraction of sp³-hybridized carbons (Fsp3) is 0.286. The maximum atomic E-state index is 12.9. The quantitative estimate of drug-likeness (QED) is 0.563. The van der Waals surface area contributed by atoms with Crippen molar-refractivity contribution in [3.63, 3.8) is 0 Å². The first kappa shape index (κ1) is 20.5. The lowest BCUT2D eigenvalue weighted by atomic mass is 10.2. The normalized spacial score (nSPS) is 11.8. The summed E-state index contributed by atoms with van der Waals surface area (Å²) in [4.78, 5) is 12.4. The van der Waals surface area contributed by atoms with Crippen LogP contribution >= 0.6 is 0 Å². The molecule has 0 aliphatic heterocycles. The first-order chi connectivity index (χ1) is 12.9. The van der Waals surface area contributed by atoms with E-state index in [1.165, 1.54) is 12.1 Å². The minimum Gasteiger partial charge on any atom is -0.497 e. The maximum Gasteiger partial charge on any atom is 0.325 e. The number of methoxy groups -OCH3 is 1. The van der Waals surface area contributed by atoms with Crippen molar-refractivity contribution in [2.45, 2.75) is 30.4 Å². The van der Waals surface area contributed by atoms with Gasteiger partial charge in [-0.3, -0.25) is 4.79 Å². The van der Waals surface area contributed by atoms with Gasteiger partial charge in [-0.1, -0.05) is 29.5 Å². The molecular formula is C21H22O5S. The third-order valence-corrected chi connectivity index (χ3v) is 5.92. The molecule has 0 spiro atoms. The van der Waals surface area contributed by atoms with Crippen molar-refractivity contribution in [3.8, 4) is 17.6 Å². The van der Waals surface area contributed by atoms with Crippen LogP contribution in [-0.2, 0) is 19.4 Å². The highest BCUT2D eigenvalue weighted by molar-refractivity contribution is 7.92. The number of esters is 1. The highest BCUT2D eigenvalue weighted by Crippen LogP contribution is 2.20. The lowest BCUT2D eigenvalue weighted by molar-refractivity contribution is -0.142. The zero-order valence-corrected chi connectivity index (χ0v) is 16.4. The molecule has 27 heavy (non-hydrogen) atoms. The number of hydrogen-bond acceptors (Lipinski definition) is 5. The van der Waals surface area contributed by atoms with Gasteiger partial charge in [-0.15, -0.1) is 0 Å². The van der Waals surface area contributed by atoms with Gasteiger partial charge in [0.15, 0.2) is 15.1 Å². The molecule has 1 atom stereocenters. The number of ether oxygens (including phenoxy) is 2. The van der Waals surface area contributed by atoms with Gasteiger partial charge in [0.25, 0.3) is 0 Å². The van der Waals surface area contributed by atoms with E-state index >= 15 is 0 Å². The van der Waals surface area contributed by atoms with Gasteiger partial charge in [-0.25, -0.2) is 8.42 Å². The Morgan fingerprint density at radius 2 is 1.70 bits per heavy atom. The van der Waals surface area contributed by atoms with Gasteiger partial charge in [0.1, 0.15) is 5.75 Å². The molecule has 5 nitrogen and oxygen atoms in total. The average molecular weight is 386 g/mol. The van der Waals surface area contributed by atoms with Crippen molar-refractivity contribution in [1.82, 2.24) is 0 Å². The number of rotatable bonds is 6. The molecule has 0 saturated heterocycles. The predicted molar refractivity (Wildman–Crippen MR) is 103 cm³/mol. The molecule has 0 saturated carbocycles. The highest BCUT2D eigenvalue weighted by Gasteiger charge is 2.34. The summed E-state index contributed by atoms with van der Waals surface area (Å²) in [6.07, 6.45) is -0.152. The Labute approximate surface area is 160 Å². The van der Waals surface area contributed by atoms with E-state index in [1.807, 2.05) is 6.92 Å². The van der Waals surface area contributed by atoms with Crippen LogP contribution in [0.4, 0.5) is 0 Å². The molecule has 0 aromatic heterocycles. The molecule has 0 radical (unpaired) electrons. The molecular weight excluding hydrogens is 364 g/mol. The summed E-state index contributed by atoms with van der Waals surface area (Å²) in [5, 5.41) is -1.37. The Hall–Kier alpha value is -2.78. The molecule has 6 heteroatoms. The van der Waals surface area contributed by atoms with Crippen molar-refractivity contribution in [1.29, 1.82) is 0 Å². The van der Waals surface area contributed by atoms with Crippen molar-refractivity contribution in [2.75, 3.05) is 13.7 Å². The van der Waals surface area contributed by atoms with E-state index in [-0.39, 0.29) is 17.9 Å². The summed E-state index contributed by atoms with van der Waals surface area (Å²) in [5.74, 6) is 5.58. The zero-order valence-electron chi connectivity index (χ0n) is 15.6. The molecule has 0 heterocycles. The fourth-order valence-electron chi connectivity index (χ4n) is 2.37. The van der Waals surface area contributed by atoms with E-state index in [2.05, 4.69) is 11.8 Å². The Balaban J connectivity index is 2.28. The number of hydrogen-bond donors (Lipinski definition) is 0. The summed E-state index contributed by atoms with van der Waals surface area (Å²) in [6.45, 7) is 3.60. The summed E-state index contributed by atoms with van der Waals surface area (Å²) in [6, 6.07) is 13.4. The number of benzene rings is 2. The van der Waals surface area contributed by atoms with Gasteiger partial charge in [0.2, 0.25) is 0 Å². The predicted octanol–water partition coefficient (Wildman–Crippen LogP) is 3.15. The molecule has 2 aromatic carbocycles. The van der Waals surface area contributed by atoms with Crippen LogP contribution < -0.4 is 4.74 Å². The Morgan fingerprint density at radius 1 is 1.07 bits per heavy atom. The van der Waals surface area contributed by atoms with Gasteiger partial charge in [-0.05, 0) is 50.2 Å². The van der Waals surface area contributed by atoms with Gasteiger partial charge in [-0.2, -0.15) is 0 Å². The second kappa shape index (κ2) is 9.24. The summed E-state index contributed by atoms with van der Waals surface area (Å²) < 4.78 is 35.9. The molecule has 0 amide bonds. The SMILES string of the molecule is CCOC(=O)C(CC#Cc1ccc(OC)cc1)S(=O)(=O)c1ccc(C)cc1. The van der Waals surface area contributed by atoms with Crippen LogP contribution in [0.15, 0.2) is 53.4 Å². The van der Waals surface area contributed by atoms with E-state index in [1.54, 1.807) is 50.4 Å². The first-order valence-electron chi connectivity index (χ1n) is 8.48. The minimum absolute atomic E-state index is 0.0809. The van der Waals surface area contributed by atoms with Crippen LogP contribution in [0.5, 0.6) is 5.75 Å². The van der Waals surface area contributed by atoms with Gasteiger partial charge < -0.3 is 9.47 Å². The first-order valence-corrected chi connectivity index (χ1v) is 10.0. The van der Waals surface area contributed by atoms with Gasteiger partial charge in [0, 0.05) is 12.0 Å². The molecule has 0 aliphatic rings. The Bertz CT molecular complexity index is 933. The lowest BCUT2D eigenvalue weighted by Crippen LogP contribution is -2.32. The number of aryl methyl sites for hydroxylation is 1. The smallest absolute Gasteiger partial charge is 0.325 e. The van der Waals surface area contributed by atoms with Crippen molar-refractivity contribution < 1.29 is 22.7 Å². The highest BCUT2D eigenvalue weighted by atomic mass is 32.2. The van der Waals surface area contributed by atoms with Crippen molar-refractivity contribution in [2.24, 2.45) is 0 Å². The molecule has 0 aliphatic carbocycles. The van der Waals surface area contributed by atoms with Crippen molar-refractivity contribution in [3.05, 3.63) is 59.7 Å². The zero-order chi connectivity index (χ0) is 19.9. The molecule has 0 bridgehead atoms. The molecule has 2 aromatic rings. The van der Waals surface area contributed by atoms with E-state index in [0.717, 1.165) is 5.56 Å². The maximum absolute atomic E-state index is 12.9. The summed E-state index contributed by atoms with van der Waals surface area (Å²) in [7, 11) is -2.33. The van der Waals surface area contributed by atoms with E-state index in [0.29, 0.717) is 11.3 Å². The standard InChI is InChI=1S/C21H22O5S/c1-4-26-21(22)20(27(23,24)19-14-8-16(2)9-15-19)7-5-6-17-10-12-18(25-3)13-11-17/h8-15,20H,4,7H2,1-3H3. The van der Waals surface area contributed by atoms with Crippen LogP contribution in [0, 0.1) is 18.8 Å². The summed E-state index contributed by atoms with van der Waals surface area (Å²) in [5.41, 5.74) is 1.63. The van der Waals surface area contributed by atoms with Crippen LogP contribution in [0.2, 0.25) is 0 Å². The molecule has 0 fully saturated rings.